The van der Waals surface area contributed by atoms with Crippen LogP contribution in [0.3, 0.4) is 0 Å². The number of tetrazole rings is 1. The van der Waals surface area contributed by atoms with Crippen LogP contribution in [0.15, 0.2) is 46.9 Å². The number of nitrogen functional groups attached to an aromatic ring is 1. The van der Waals surface area contributed by atoms with Gasteiger partial charge in [-0.05, 0) is 62.8 Å². The van der Waals surface area contributed by atoms with Crippen molar-refractivity contribution in [3.63, 3.8) is 0 Å². The predicted molar refractivity (Wildman–Crippen MR) is 76.7 cm³/mol. The summed E-state index contributed by atoms with van der Waals surface area (Å²) in [6.45, 7) is 0. The molecule has 0 spiro atoms. The van der Waals surface area contributed by atoms with Crippen LogP contribution in [0.1, 0.15) is 0 Å². The van der Waals surface area contributed by atoms with E-state index in [1.165, 1.54) is 16.8 Å². The van der Waals surface area contributed by atoms with Crippen LogP contribution in [0, 0.1) is 5.82 Å². The summed E-state index contributed by atoms with van der Waals surface area (Å²) in [5.41, 5.74) is 7.73. The molecule has 0 amide bonds. The molecule has 5 nitrogen and oxygen atoms in total. The third-order valence-corrected chi connectivity index (χ3v) is 3.50. The minimum atomic E-state index is -0.348. The second-order valence-electron chi connectivity index (χ2n) is 4.13. The van der Waals surface area contributed by atoms with Crippen molar-refractivity contribution < 1.29 is 4.39 Å². The van der Waals surface area contributed by atoms with Crippen molar-refractivity contribution in [2.45, 2.75) is 0 Å². The Kier molecular flexibility index (Phi) is 3.19. The maximum Gasteiger partial charge on any atom is 0.187 e. The first-order valence-electron chi connectivity index (χ1n) is 5.75. The zero-order valence-corrected chi connectivity index (χ0v) is 11.7. The smallest absolute Gasteiger partial charge is 0.187 e. The molecule has 2 N–H and O–H groups in total. The number of nitrogens with zero attached hydrogens (tertiary/aromatic N) is 4. The van der Waals surface area contributed by atoms with Gasteiger partial charge in [-0.2, -0.15) is 4.68 Å². The number of rotatable bonds is 2. The normalized spacial score (nSPS) is 10.7. The van der Waals surface area contributed by atoms with E-state index in [-0.39, 0.29) is 5.82 Å². The molecular weight excluding hydrogens is 325 g/mol. The van der Waals surface area contributed by atoms with E-state index in [9.17, 15) is 4.39 Å². The SMILES string of the molecule is Nc1cc(-c2nnnn2-c2cccc(F)c2)ccc1Br. The Balaban J connectivity index is 2.12. The second kappa shape index (κ2) is 5.01. The fraction of sp³-hybridized carbons (Fsp3) is 0. The summed E-state index contributed by atoms with van der Waals surface area (Å²) in [7, 11) is 0. The lowest BCUT2D eigenvalue weighted by molar-refractivity contribution is 0.625. The molecule has 0 aliphatic heterocycles. The van der Waals surface area contributed by atoms with E-state index < -0.39 is 0 Å². The molecule has 0 bridgehead atoms. The maximum absolute atomic E-state index is 13.3. The first-order chi connectivity index (χ1) is 9.65. The van der Waals surface area contributed by atoms with E-state index in [4.69, 9.17) is 5.73 Å². The van der Waals surface area contributed by atoms with Crippen LogP contribution in [0.4, 0.5) is 10.1 Å². The number of aromatic nitrogens is 4. The third kappa shape index (κ3) is 2.27. The Morgan fingerprint density at radius 1 is 1.15 bits per heavy atom. The molecule has 0 aliphatic rings. The minimum Gasteiger partial charge on any atom is -0.398 e. The Hall–Kier alpha value is -2.28. The van der Waals surface area contributed by atoms with Crippen molar-refractivity contribution >= 4 is 21.6 Å². The van der Waals surface area contributed by atoms with E-state index in [0.29, 0.717) is 17.2 Å². The van der Waals surface area contributed by atoms with Crippen LogP contribution in [0.25, 0.3) is 17.1 Å². The zero-order chi connectivity index (χ0) is 14.1. The number of hydrogen-bond acceptors (Lipinski definition) is 4. The monoisotopic (exact) mass is 333 g/mol. The van der Waals surface area contributed by atoms with E-state index in [0.717, 1.165) is 10.0 Å². The molecular formula is C13H9BrFN5. The minimum absolute atomic E-state index is 0.348. The molecule has 0 unspecified atom stereocenters. The molecule has 1 aromatic heterocycles. The quantitative estimate of drug-likeness (QED) is 0.732. The van der Waals surface area contributed by atoms with Crippen molar-refractivity contribution in [2.24, 2.45) is 0 Å². The van der Waals surface area contributed by atoms with Gasteiger partial charge in [-0.1, -0.05) is 6.07 Å². The summed E-state index contributed by atoms with van der Waals surface area (Å²) in [5.74, 6) is 0.147. The average Bonchev–Trinajstić information content (AvgIpc) is 2.91. The van der Waals surface area contributed by atoms with Gasteiger partial charge in [-0.15, -0.1) is 5.10 Å². The Bertz CT molecular complexity index is 771. The number of hydrogen-bond donors (Lipinski definition) is 1. The summed E-state index contributed by atoms with van der Waals surface area (Å²) < 4.78 is 15.6. The van der Waals surface area contributed by atoms with E-state index >= 15 is 0 Å². The largest absolute Gasteiger partial charge is 0.398 e. The standard InChI is InChI=1S/C13H9BrFN5/c14-11-5-4-8(6-12(11)16)13-17-18-19-20(13)10-3-1-2-9(15)7-10/h1-7H,16H2. The van der Waals surface area contributed by atoms with Crippen LogP contribution < -0.4 is 5.73 Å². The second-order valence-corrected chi connectivity index (χ2v) is 4.98. The van der Waals surface area contributed by atoms with Crippen molar-refractivity contribution in [1.82, 2.24) is 20.2 Å². The van der Waals surface area contributed by atoms with Crippen LogP contribution in [-0.4, -0.2) is 20.2 Å². The lowest BCUT2D eigenvalue weighted by Crippen LogP contribution is -2.00. The lowest BCUT2D eigenvalue weighted by atomic mass is 10.2. The van der Waals surface area contributed by atoms with Crippen molar-refractivity contribution in [2.75, 3.05) is 5.73 Å². The molecule has 0 radical (unpaired) electrons. The molecule has 1 heterocycles. The van der Waals surface area contributed by atoms with Crippen molar-refractivity contribution in [3.05, 3.63) is 52.8 Å². The van der Waals surface area contributed by atoms with E-state index in [1.807, 2.05) is 12.1 Å². The highest BCUT2D eigenvalue weighted by Crippen LogP contribution is 2.26. The molecule has 0 saturated carbocycles. The fourth-order valence-corrected chi connectivity index (χ4v) is 2.08. The predicted octanol–water partition coefficient (Wildman–Crippen LogP) is 2.81. The molecule has 2 aromatic carbocycles. The Labute approximate surface area is 122 Å². The Morgan fingerprint density at radius 3 is 2.75 bits per heavy atom. The fourth-order valence-electron chi connectivity index (χ4n) is 1.83. The summed E-state index contributed by atoms with van der Waals surface area (Å²) >= 11 is 3.33. The van der Waals surface area contributed by atoms with Gasteiger partial charge in [-0.3, -0.25) is 0 Å². The third-order valence-electron chi connectivity index (χ3n) is 2.78. The average molecular weight is 334 g/mol. The topological polar surface area (TPSA) is 69.6 Å². The molecule has 0 aliphatic carbocycles. The van der Waals surface area contributed by atoms with Gasteiger partial charge in [0.15, 0.2) is 5.82 Å². The summed E-state index contributed by atoms with van der Waals surface area (Å²) in [5, 5.41) is 11.5. The van der Waals surface area contributed by atoms with E-state index in [1.54, 1.807) is 18.2 Å². The molecule has 20 heavy (non-hydrogen) atoms. The number of anilines is 1. The van der Waals surface area contributed by atoms with Gasteiger partial charge in [0.2, 0.25) is 0 Å². The van der Waals surface area contributed by atoms with Gasteiger partial charge in [0.1, 0.15) is 5.82 Å². The van der Waals surface area contributed by atoms with Crippen LogP contribution >= 0.6 is 15.9 Å². The number of nitrogens with two attached hydrogens (primary N) is 1. The first-order valence-corrected chi connectivity index (χ1v) is 6.54. The van der Waals surface area contributed by atoms with Gasteiger partial charge in [-0.25, -0.2) is 4.39 Å². The van der Waals surface area contributed by atoms with Gasteiger partial charge in [0.25, 0.3) is 0 Å². The maximum atomic E-state index is 13.3. The van der Waals surface area contributed by atoms with Crippen LogP contribution in [-0.2, 0) is 0 Å². The molecule has 0 atom stereocenters. The summed E-state index contributed by atoms with van der Waals surface area (Å²) in [6.07, 6.45) is 0. The number of halogens is 2. The van der Waals surface area contributed by atoms with Crippen molar-refractivity contribution in [1.29, 1.82) is 0 Å². The van der Waals surface area contributed by atoms with Crippen LogP contribution in [0.2, 0.25) is 0 Å². The highest BCUT2D eigenvalue weighted by atomic mass is 79.9. The first kappa shape index (κ1) is 12.7. The highest BCUT2D eigenvalue weighted by Gasteiger charge is 2.12. The lowest BCUT2D eigenvalue weighted by Gasteiger charge is -2.06. The zero-order valence-electron chi connectivity index (χ0n) is 10.2. The Morgan fingerprint density at radius 2 is 2.00 bits per heavy atom. The molecule has 0 fully saturated rings. The van der Waals surface area contributed by atoms with Crippen molar-refractivity contribution in [3.8, 4) is 17.1 Å². The highest BCUT2D eigenvalue weighted by molar-refractivity contribution is 9.10. The van der Waals surface area contributed by atoms with Gasteiger partial charge in [0, 0.05) is 15.7 Å². The van der Waals surface area contributed by atoms with E-state index in [2.05, 4.69) is 31.5 Å². The number of benzene rings is 2. The molecule has 7 heteroatoms. The van der Waals surface area contributed by atoms with Gasteiger partial charge < -0.3 is 5.73 Å². The molecule has 3 aromatic rings. The van der Waals surface area contributed by atoms with Gasteiger partial charge >= 0.3 is 0 Å². The van der Waals surface area contributed by atoms with Crippen LogP contribution in [0.5, 0.6) is 0 Å². The molecule has 3 rings (SSSR count). The summed E-state index contributed by atoms with van der Waals surface area (Å²) in [4.78, 5) is 0. The summed E-state index contributed by atoms with van der Waals surface area (Å²) in [6, 6.07) is 11.5. The molecule has 100 valence electrons. The molecule has 0 saturated heterocycles. The van der Waals surface area contributed by atoms with Gasteiger partial charge in [0.05, 0.1) is 5.69 Å².